The third-order valence-electron chi connectivity index (χ3n) is 3.07. The minimum absolute atomic E-state index is 0.229. The van der Waals surface area contributed by atoms with E-state index in [-0.39, 0.29) is 9.92 Å². The number of sulfonamides is 1. The van der Waals surface area contributed by atoms with Gasteiger partial charge in [0.2, 0.25) is 15.9 Å². The van der Waals surface area contributed by atoms with Crippen molar-refractivity contribution in [2.75, 3.05) is 18.9 Å². The van der Waals surface area contributed by atoms with E-state index in [1.807, 2.05) is 0 Å². The van der Waals surface area contributed by atoms with Gasteiger partial charge in [-0.25, -0.2) is 12.8 Å². The third kappa shape index (κ3) is 4.45. The first-order valence-electron chi connectivity index (χ1n) is 6.67. The van der Waals surface area contributed by atoms with Crippen molar-refractivity contribution in [1.29, 1.82) is 0 Å². The van der Waals surface area contributed by atoms with Crippen LogP contribution in [0.3, 0.4) is 0 Å². The molecule has 0 aliphatic rings. The number of rotatable bonds is 5. The van der Waals surface area contributed by atoms with Crippen molar-refractivity contribution in [2.45, 2.75) is 4.90 Å². The van der Waals surface area contributed by atoms with Crippen LogP contribution in [0.2, 0.25) is 10.0 Å². The van der Waals surface area contributed by atoms with E-state index in [1.54, 1.807) is 0 Å². The van der Waals surface area contributed by atoms with Crippen molar-refractivity contribution in [2.24, 2.45) is 0 Å². The van der Waals surface area contributed by atoms with Crippen molar-refractivity contribution in [3.8, 4) is 0 Å². The molecule has 9 heteroatoms. The second-order valence-electron chi connectivity index (χ2n) is 4.90. The molecule has 1 N–H and O–H groups in total. The molecule has 0 spiro atoms. The van der Waals surface area contributed by atoms with Crippen LogP contribution in [0, 0.1) is 5.82 Å². The molecule has 2 aromatic carbocycles. The Morgan fingerprint density at radius 1 is 1.17 bits per heavy atom. The van der Waals surface area contributed by atoms with E-state index in [0.717, 1.165) is 16.4 Å². The van der Waals surface area contributed by atoms with Crippen LogP contribution in [0.25, 0.3) is 0 Å². The van der Waals surface area contributed by atoms with Crippen LogP contribution >= 0.6 is 23.2 Å². The van der Waals surface area contributed by atoms with E-state index >= 15 is 0 Å². The molecule has 0 saturated carbocycles. The fourth-order valence-electron chi connectivity index (χ4n) is 1.87. The van der Waals surface area contributed by atoms with Gasteiger partial charge in [0.1, 0.15) is 5.82 Å². The molecule has 0 bridgehead atoms. The van der Waals surface area contributed by atoms with Crippen LogP contribution in [-0.4, -0.2) is 32.2 Å². The average Bonchev–Trinajstić information content (AvgIpc) is 2.50. The predicted octanol–water partition coefficient (Wildman–Crippen LogP) is 3.39. The van der Waals surface area contributed by atoms with Crippen LogP contribution in [0.4, 0.5) is 10.1 Å². The Kier molecular flexibility index (Phi) is 5.82. The average molecular weight is 391 g/mol. The van der Waals surface area contributed by atoms with Crippen LogP contribution in [0.1, 0.15) is 0 Å². The number of hydrogen-bond acceptors (Lipinski definition) is 3. The molecule has 0 heterocycles. The van der Waals surface area contributed by atoms with E-state index < -0.39 is 28.3 Å². The lowest BCUT2D eigenvalue weighted by molar-refractivity contribution is -0.116. The summed E-state index contributed by atoms with van der Waals surface area (Å²) in [6, 6.07) is 9.05. The maximum absolute atomic E-state index is 13.2. The van der Waals surface area contributed by atoms with E-state index in [9.17, 15) is 17.6 Å². The van der Waals surface area contributed by atoms with Crippen LogP contribution in [0.5, 0.6) is 0 Å². The van der Waals surface area contributed by atoms with Gasteiger partial charge in [0.25, 0.3) is 0 Å². The zero-order chi connectivity index (χ0) is 17.9. The number of likely N-dealkylation sites (N-methyl/N-ethyl adjacent to an activating group) is 1. The maximum atomic E-state index is 13.2. The van der Waals surface area contributed by atoms with Gasteiger partial charge in [0, 0.05) is 12.7 Å². The summed E-state index contributed by atoms with van der Waals surface area (Å²) >= 11 is 11.6. The van der Waals surface area contributed by atoms with Gasteiger partial charge in [-0.1, -0.05) is 29.3 Å². The topological polar surface area (TPSA) is 66.5 Å². The molecule has 2 aromatic rings. The summed E-state index contributed by atoms with van der Waals surface area (Å²) in [5, 5.41) is 3.11. The second kappa shape index (κ2) is 7.48. The SMILES string of the molecule is CN(CC(=O)Nc1ccc(Cl)c(Cl)c1)S(=O)(=O)c1cccc(F)c1. The summed E-state index contributed by atoms with van der Waals surface area (Å²) in [5.74, 6) is -1.25. The van der Waals surface area contributed by atoms with Crippen LogP contribution in [0.15, 0.2) is 47.4 Å². The summed E-state index contributed by atoms with van der Waals surface area (Å²) in [4.78, 5) is 11.8. The lowest BCUT2D eigenvalue weighted by Crippen LogP contribution is -2.35. The molecule has 1 amide bonds. The highest BCUT2D eigenvalue weighted by atomic mass is 35.5. The number of anilines is 1. The van der Waals surface area contributed by atoms with Gasteiger partial charge in [0.15, 0.2) is 0 Å². The van der Waals surface area contributed by atoms with Gasteiger partial charge in [-0.2, -0.15) is 4.31 Å². The molecule has 24 heavy (non-hydrogen) atoms. The van der Waals surface area contributed by atoms with Gasteiger partial charge < -0.3 is 5.32 Å². The van der Waals surface area contributed by atoms with Gasteiger partial charge in [-0.05, 0) is 36.4 Å². The molecule has 128 valence electrons. The van der Waals surface area contributed by atoms with Gasteiger partial charge >= 0.3 is 0 Å². The zero-order valence-corrected chi connectivity index (χ0v) is 14.8. The number of halogens is 3. The second-order valence-corrected chi connectivity index (χ2v) is 7.75. The van der Waals surface area contributed by atoms with E-state index in [2.05, 4.69) is 5.32 Å². The van der Waals surface area contributed by atoms with E-state index in [4.69, 9.17) is 23.2 Å². The number of carbonyl (C=O) groups excluding carboxylic acids is 1. The third-order valence-corrected chi connectivity index (χ3v) is 5.61. The number of nitrogens with zero attached hydrogens (tertiary/aromatic N) is 1. The smallest absolute Gasteiger partial charge is 0.243 e. The van der Waals surface area contributed by atoms with Crippen molar-refractivity contribution >= 4 is 44.8 Å². The van der Waals surface area contributed by atoms with Gasteiger partial charge in [0.05, 0.1) is 21.5 Å². The number of benzene rings is 2. The monoisotopic (exact) mass is 390 g/mol. The number of carbonyl (C=O) groups is 1. The lowest BCUT2D eigenvalue weighted by atomic mass is 10.3. The van der Waals surface area contributed by atoms with Gasteiger partial charge in [-0.15, -0.1) is 0 Å². The Morgan fingerprint density at radius 2 is 1.88 bits per heavy atom. The molecule has 0 fully saturated rings. The molecule has 5 nitrogen and oxygen atoms in total. The molecule has 0 unspecified atom stereocenters. The highest BCUT2D eigenvalue weighted by Gasteiger charge is 2.23. The Balaban J connectivity index is 2.09. The minimum atomic E-state index is -3.98. The summed E-state index contributed by atoms with van der Waals surface area (Å²) in [5.41, 5.74) is 0.381. The van der Waals surface area contributed by atoms with Crippen molar-refractivity contribution < 1.29 is 17.6 Å². The number of amides is 1. The summed E-state index contributed by atoms with van der Waals surface area (Å²) in [6.07, 6.45) is 0. The van der Waals surface area contributed by atoms with Crippen molar-refractivity contribution in [1.82, 2.24) is 4.31 Å². The first kappa shape index (κ1) is 18.7. The summed E-state index contributed by atoms with van der Waals surface area (Å²) in [6.45, 7) is -0.445. The Hall–Kier alpha value is -1.67. The van der Waals surface area contributed by atoms with E-state index in [0.29, 0.717) is 10.7 Å². The molecule has 0 aliphatic heterocycles. The Bertz CT molecular complexity index is 875. The molecular formula is C15H13Cl2FN2O3S. The number of hydrogen-bond donors (Lipinski definition) is 1. The highest BCUT2D eigenvalue weighted by Crippen LogP contribution is 2.25. The quantitative estimate of drug-likeness (QED) is 0.850. The molecule has 0 radical (unpaired) electrons. The zero-order valence-electron chi connectivity index (χ0n) is 12.5. The Morgan fingerprint density at radius 3 is 2.50 bits per heavy atom. The van der Waals surface area contributed by atoms with Crippen LogP contribution < -0.4 is 5.32 Å². The number of nitrogens with one attached hydrogen (secondary N) is 1. The Labute approximate surface area is 149 Å². The van der Waals surface area contributed by atoms with Crippen molar-refractivity contribution in [3.63, 3.8) is 0 Å². The molecule has 0 atom stereocenters. The largest absolute Gasteiger partial charge is 0.325 e. The summed E-state index contributed by atoms with van der Waals surface area (Å²) in [7, 11) is -2.75. The normalized spacial score (nSPS) is 11.5. The van der Waals surface area contributed by atoms with Crippen molar-refractivity contribution in [3.05, 3.63) is 58.3 Å². The molecular weight excluding hydrogens is 378 g/mol. The fraction of sp³-hybridized carbons (Fsp3) is 0.133. The molecule has 0 aromatic heterocycles. The molecule has 0 saturated heterocycles. The standard InChI is InChI=1S/C15H13Cl2FN2O3S/c1-20(24(22,23)12-4-2-3-10(18)7-12)9-15(21)19-11-5-6-13(16)14(17)8-11/h2-8H,9H2,1H3,(H,19,21). The van der Waals surface area contributed by atoms with Gasteiger partial charge in [-0.3, -0.25) is 4.79 Å². The highest BCUT2D eigenvalue weighted by molar-refractivity contribution is 7.89. The maximum Gasteiger partial charge on any atom is 0.243 e. The lowest BCUT2D eigenvalue weighted by Gasteiger charge is -2.17. The summed E-state index contributed by atoms with van der Waals surface area (Å²) < 4.78 is 38.6. The first-order chi connectivity index (χ1) is 11.2. The fourth-order valence-corrected chi connectivity index (χ4v) is 3.33. The van der Waals surface area contributed by atoms with E-state index in [1.165, 1.54) is 37.4 Å². The predicted molar refractivity (Wildman–Crippen MR) is 91.3 cm³/mol. The minimum Gasteiger partial charge on any atom is -0.325 e. The molecule has 2 rings (SSSR count). The van der Waals surface area contributed by atoms with Crippen LogP contribution in [-0.2, 0) is 14.8 Å². The molecule has 0 aliphatic carbocycles. The first-order valence-corrected chi connectivity index (χ1v) is 8.86.